The lowest BCUT2D eigenvalue weighted by molar-refractivity contribution is 0.0989. The average Bonchev–Trinajstić information content (AvgIpc) is 3.17. The predicted octanol–water partition coefficient (Wildman–Crippen LogP) is 5.04. The fourth-order valence-electron chi connectivity index (χ4n) is 3.39. The monoisotopic (exact) mass is 390 g/mol. The highest BCUT2D eigenvalue weighted by atomic mass is 32.2. The third kappa shape index (κ3) is 3.71. The number of para-hydroxylation sites is 1. The van der Waals surface area contributed by atoms with E-state index < -0.39 is 0 Å². The topological polar surface area (TPSA) is 32.8 Å². The van der Waals surface area contributed by atoms with E-state index >= 15 is 0 Å². The van der Waals surface area contributed by atoms with E-state index in [4.69, 9.17) is 4.74 Å². The molecule has 0 aliphatic carbocycles. The summed E-state index contributed by atoms with van der Waals surface area (Å²) >= 11 is 1.59. The first-order chi connectivity index (χ1) is 13.7. The van der Waals surface area contributed by atoms with Crippen molar-refractivity contribution < 1.29 is 9.53 Å². The van der Waals surface area contributed by atoms with Crippen LogP contribution in [0.1, 0.15) is 15.9 Å². The van der Waals surface area contributed by atoms with E-state index in [9.17, 15) is 4.79 Å². The van der Waals surface area contributed by atoms with Crippen LogP contribution >= 0.6 is 11.9 Å². The largest absolute Gasteiger partial charge is 0.497 e. The molecule has 1 amide bonds. The fourth-order valence-corrected chi connectivity index (χ4v) is 4.26. The standard InChI is InChI=1S/C23H22N2O2S/c1-24(19-10-12-20(27-2)13-11-19)28-21-8-5-7-18(16-21)23(26)25-15-14-17-6-3-4-9-22(17)25/h3-13,16H,14-15H2,1-2H3. The molecule has 0 spiro atoms. The molecule has 5 heteroatoms. The van der Waals surface area contributed by atoms with Crippen molar-refractivity contribution in [2.75, 3.05) is 29.9 Å². The van der Waals surface area contributed by atoms with Gasteiger partial charge in [0.05, 0.1) is 7.11 Å². The summed E-state index contributed by atoms with van der Waals surface area (Å²) in [6.45, 7) is 0.737. The molecule has 0 aromatic heterocycles. The second-order valence-electron chi connectivity index (χ2n) is 6.65. The lowest BCUT2D eigenvalue weighted by Crippen LogP contribution is -2.28. The van der Waals surface area contributed by atoms with E-state index in [0.717, 1.165) is 35.0 Å². The molecule has 1 aliphatic heterocycles. The van der Waals surface area contributed by atoms with E-state index in [0.29, 0.717) is 5.56 Å². The molecule has 0 atom stereocenters. The minimum atomic E-state index is 0.0551. The third-order valence-corrected chi connectivity index (χ3v) is 5.84. The Morgan fingerprint density at radius 1 is 1.04 bits per heavy atom. The molecule has 0 saturated carbocycles. The summed E-state index contributed by atoms with van der Waals surface area (Å²) in [7, 11) is 3.67. The van der Waals surface area contributed by atoms with Crippen LogP contribution in [0.15, 0.2) is 77.7 Å². The number of methoxy groups -OCH3 is 1. The minimum absolute atomic E-state index is 0.0551. The van der Waals surface area contributed by atoms with Crippen LogP contribution in [0.4, 0.5) is 11.4 Å². The van der Waals surface area contributed by atoms with Crippen LogP contribution in [0.2, 0.25) is 0 Å². The summed E-state index contributed by atoms with van der Waals surface area (Å²) < 4.78 is 7.29. The normalized spacial score (nSPS) is 12.6. The van der Waals surface area contributed by atoms with Gasteiger partial charge in [-0.3, -0.25) is 4.79 Å². The third-order valence-electron chi connectivity index (χ3n) is 4.89. The number of amides is 1. The van der Waals surface area contributed by atoms with Gasteiger partial charge >= 0.3 is 0 Å². The highest BCUT2D eigenvalue weighted by molar-refractivity contribution is 8.00. The predicted molar refractivity (Wildman–Crippen MR) is 116 cm³/mol. The number of benzene rings is 3. The van der Waals surface area contributed by atoms with E-state index in [1.807, 2.05) is 78.7 Å². The Morgan fingerprint density at radius 3 is 2.61 bits per heavy atom. The van der Waals surface area contributed by atoms with Gasteiger partial charge in [0, 0.05) is 35.4 Å². The number of carbonyl (C=O) groups excluding carboxylic acids is 1. The van der Waals surface area contributed by atoms with Crippen molar-refractivity contribution in [1.29, 1.82) is 0 Å². The first-order valence-corrected chi connectivity index (χ1v) is 9.98. The Hall–Kier alpha value is -2.92. The van der Waals surface area contributed by atoms with E-state index in [1.165, 1.54) is 5.56 Å². The van der Waals surface area contributed by atoms with Gasteiger partial charge in [0.25, 0.3) is 5.91 Å². The van der Waals surface area contributed by atoms with Crippen molar-refractivity contribution in [3.8, 4) is 5.75 Å². The van der Waals surface area contributed by atoms with Gasteiger partial charge in [0.15, 0.2) is 0 Å². The lowest BCUT2D eigenvalue weighted by Gasteiger charge is -2.20. The second-order valence-corrected chi connectivity index (χ2v) is 7.85. The van der Waals surface area contributed by atoms with Gasteiger partial charge in [-0.05, 0) is 72.5 Å². The number of fused-ring (bicyclic) bond motifs is 1. The van der Waals surface area contributed by atoms with Gasteiger partial charge in [0.1, 0.15) is 5.75 Å². The van der Waals surface area contributed by atoms with Crippen LogP contribution in [-0.4, -0.2) is 26.6 Å². The average molecular weight is 391 g/mol. The summed E-state index contributed by atoms with van der Waals surface area (Å²) in [6.07, 6.45) is 0.913. The van der Waals surface area contributed by atoms with Crippen LogP contribution in [0, 0.1) is 0 Å². The Labute approximate surface area is 169 Å². The zero-order valence-electron chi connectivity index (χ0n) is 16.0. The number of carbonyl (C=O) groups is 1. The van der Waals surface area contributed by atoms with Gasteiger partial charge in [-0.15, -0.1) is 0 Å². The molecule has 0 fully saturated rings. The van der Waals surface area contributed by atoms with Gasteiger partial charge in [-0.1, -0.05) is 24.3 Å². The first-order valence-electron chi connectivity index (χ1n) is 9.21. The zero-order chi connectivity index (χ0) is 19.5. The van der Waals surface area contributed by atoms with Crippen LogP contribution in [0.25, 0.3) is 0 Å². The molecular weight excluding hydrogens is 368 g/mol. The van der Waals surface area contributed by atoms with Crippen molar-refractivity contribution >= 4 is 29.2 Å². The number of hydrogen-bond donors (Lipinski definition) is 0. The van der Waals surface area contributed by atoms with E-state index in [1.54, 1.807) is 19.1 Å². The minimum Gasteiger partial charge on any atom is -0.497 e. The van der Waals surface area contributed by atoms with Crippen molar-refractivity contribution in [3.05, 3.63) is 83.9 Å². The molecular formula is C23H22N2O2S. The number of nitrogens with zero attached hydrogens (tertiary/aromatic N) is 2. The quantitative estimate of drug-likeness (QED) is 0.571. The van der Waals surface area contributed by atoms with Crippen molar-refractivity contribution in [2.24, 2.45) is 0 Å². The summed E-state index contributed by atoms with van der Waals surface area (Å²) in [5, 5.41) is 0. The molecule has 0 N–H and O–H groups in total. The first kappa shape index (κ1) is 18.4. The van der Waals surface area contributed by atoms with Crippen molar-refractivity contribution in [3.63, 3.8) is 0 Å². The molecule has 142 valence electrons. The molecule has 0 saturated heterocycles. The number of rotatable bonds is 5. The summed E-state index contributed by atoms with van der Waals surface area (Å²) in [5.74, 6) is 0.889. The maximum atomic E-state index is 13.1. The smallest absolute Gasteiger partial charge is 0.258 e. The molecule has 0 unspecified atom stereocenters. The molecule has 4 rings (SSSR count). The lowest BCUT2D eigenvalue weighted by atomic mass is 10.1. The summed E-state index contributed by atoms with van der Waals surface area (Å²) in [5.41, 5.74) is 4.04. The maximum absolute atomic E-state index is 13.1. The fraction of sp³-hybridized carbons (Fsp3) is 0.174. The summed E-state index contributed by atoms with van der Waals surface area (Å²) in [6, 6.07) is 23.9. The Kier molecular flexibility index (Phi) is 5.26. The zero-order valence-corrected chi connectivity index (χ0v) is 16.8. The molecule has 0 radical (unpaired) electrons. The SMILES string of the molecule is COc1ccc(N(C)Sc2cccc(C(=O)N3CCc4ccccc43)c2)cc1. The van der Waals surface area contributed by atoms with Crippen molar-refractivity contribution in [1.82, 2.24) is 0 Å². The van der Waals surface area contributed by atoms with Crippen LogP contribution in [-0.2, 0) is 6.42 Å². The Bertz CT molecular complexity index is 988. The highest BCUT2D eigenvalue weighted by Gasteiger charge is 2.25. The van der Waals surface area contributed by atoms with Gasteiger partial charge in [0.2, 0.25) is 0 Å². The van der Waals surface area contributed by atoms with Gasteiger partial charge < -0.3 is 13.9 Å². The Balaban J connectivity index is 1.50. The highest BCUT2D eigenvalue weighted by Crippen LogP contribution is 2.31. The molecule has 3 aromatic rings. The molecule has 3 aromatic carbocycles. The molecule has 28 heavy (non-hydrogen) atoms. The van der Waals surface area contributed by atoms with Crippen molar-refractivity contribution in [2.45, 2.75) is 11.3 Å². The number of hydrogen-bond acceptors (Lipinski definition) is 4. The Morgan fingerprint density at radius 2 is 1.82 bits per heavy atom. The molecule has 1 heterocycles. The molecule has 4 nitrogen and oxygen atoms in total. The van der Waals surface area contributed by atoms with Crippen LogP contribution in [0.5, 0.6) is 5.75 Å². The maximum Gasteiger partial charge on any atom is 0.258 e. The van der Waals surface area contributed by atoms with Gasteiger partial charge in [-0.2, -0.15) is 0 Å². The van der Waals surface area contributed by atoms with Crippen LogP contribution < -0.4 is 13.9 Å². The van der Waals surface area contributed by atoms with E-state index in [2.05, 4.69) is 10.4 Å². The summed E-state index contributed by atoms with van der Waals surface area (Å²) in [4.78, 5) is 16.0. The molecule has 1 aliphatic rings. The van der Waals surface area contributed by atoms with E-state index in [-0.39, 0.29) is 5.91 Å². The van der Waals surface area contributed by atoms with Crippen LogP contribution in [0.3, 0.4) is 0 Å². The second kappa shape index (κ2) is 7.98. The number of ether oxygens (including phenoxy) is 1. The van der Waals surface area contributed by atoms with Gasteiger partial charge in [-0.25, -0.2) is 0 Å². The molecule has 0 bridgehead atoms. The number of anilines is 2.